The van der Waals surface area contributed by atoms with Crippen LogP contribution in [0.4, 0.5) is 5.95 Å². The molecule has 42 heavy (non-hydrogen) atoms. The number of nitrogens with one attached hydrogen (secondary N) is 2. The van der Waals surface area contributed by atoms with Gasteiger partial charge < -0.3 is 29.9 Å². The fraction of sp³-hybridized carbons (Fsp3) is 0.385. The van der Waals surface area contributed by atoms with Crippen LogP contribution in [0.3, 0.4) is 0 Å². The number of hydrogen-bond donors (Lipinski definition) is 5. The summed E-state index contributed by atoms with van der Waals surface area (Å²) in [5, 5.41) is 30.4. The molecule has 3 heterocycles. The predicted molar refractivity (Wildman–Crippen MR) is 150 cm³/mol. The molecule has 0 amide bonds. The van der Waals surface area contributed by atoms with Crippen molar-refractivity contribution in [3.63, 3.8) is 0 Å². The molecule has 1 fully saturated rings. The fourth-order valence-corrected chi connectivity index (χ4v) is 6.52. The van der Waals surface area contributed by atoms with E-state index >= 15 is 0 Å². The van der Waals surface area contributed by atoms with Gasteiger partial charge in [-0.25, -0.2) is 14.1 Å². The summed E-state index contributed by atoms with van der Waals surface area (Å²) in [6.07, 6.45) is -2.79. The van der Waals surface area contributed by atoms with E-state index in [0.29, 0.717) is 5.39 Å². The summed E-state index contributed by atoms with van der Waals surface area (Å²) in [6, 6.07) is 12.4. The van der Waals surface area contributed by atoms with Crippen LogP contribution >= 0.6 is 7.75 Å². The van der Waals surface area contributed by atoms with Gasteiger partial charge in [0.25, 0.3) is 5.56 Å². The second kappa shape index (κ2) is 10.8. The van der Waals surface area contributed by atoms with Crippen LogP contribution in [0.1, 0.15) is 32.6 Å². The Kier molecular flexibility index (Phi) is 7.60. The molecule has 2 aromatic carbocycles. The van der Waals surface area contributed by atoms with Crippen molar-refractivity contribution < 1.29 is 38.1 Å². The zero-order chi connectivity index (χ0) is 30.4. The lowest BCUT2D eigenvalue weighted by Gasteiger charge is -2.30. The van der Waals surface area contributed by atoms with Crippen LogP contribution in [0.5, 0.6) is 5.75 Å². The summed E-state index contributed by atoms with van der Waals surface area (Å²) in [4.78, 5) is 31.0. The molecular formula is C26H31N6O9P. The second-order valence-corrected chi connectivity index (χ2v) is 12.2. The molecule has 4 aromatic rings. The van der Waals surface area contributed by atoms with Crippen LogP contribution in [0, 0.1) is 0 Å². The molecule has 5 rings (SSSR count). The Hall–Kier alpha value is -3.85. The van der Waals surface area contributed by atoms with E-state index in [0.717, 1.165) is 9.90 Å². The van der Waals surface area contributed by atoms with Gasteiger partial charge in [-0.2, -0.15) is 5.09 Å². The lowest BCUT2D eigenvalue weighted by atomic mass is 9.91. The smallest absolute Gasteiger partial charge is 0.459 e. The molecule has 6 N–H and O–H groups in total. The van der Waals surface area contributed by atoms with Crippen LogP contribution in [-0.2, 0) is 23.4 Å². The largest absolute Gasteiger partial charge is 0.468 e. The molecule has 224 valence electrons. The van der Waals surface area contributed by atoms with Gasteiger partial charge in [0.15, 0.2) is 0 Å². The molecule has 1 unspecified atom stereocenters. The molecule has 0 radical (unpaired) electrons. The number of hydrogen-bond acceptors (Lipinski definition) is 12. The van der Waals surface area contributed by atoms with Gasteiger partial charge in [0, 0.05) is 5.39 Å². The van der Waals surface area contributed by atoms with E-state index in [1.807, 2.05) is 18.2 Å². The summed E-state index contributed by atoms with van der Waals surface area (Å²) in [5.74, 6) is -0.722. The average molecular weight is 603 g/mol. The number of carbonyl (C=O) groups is 1. The van der Waals surface area contributed by atoms with E-state index in [2.05, 4.69) is 20.2 Å². The zero-order valence-electron chi connectivity index (χ0n) is 23.2. The number of aliphatic hydroxyl groups is 2. The van der Waals surface area contributed by atoms with Gasteiger partial charge in [-0.1, -0.05) is 36.4 Å². The van der Waals surface area contributed by atoms with Gasteiger partial charge in [0.2, 0.25) is 11.6 Å². The number of ether oxygens (including phenoxy) is 2. The first kappa shape index (κ1) is 29.6. The highest BCUT2D eigenvalue weighted by Gasteiger charge is 2.54. The lowest BCUT2D eigenvalue weighted by Crippen LogP contribution is -2.47. The van der Waals surface area contributed by atoms with Gasteiger partial charge in [0.1, 0.15) is 35.2 Å². The molecule has 2 aromatic heterocycles. The topological polar surface area (TPSA) is 213 Å². The molecule has 5 atom stereocenters. The summed E-state index contributed by atoms with van der Waals surface area (Å²) in [5.41, 5.74) is 1.65. The zero-order valence-corrected chi connectivity index (χ0v) is 24.1. The normalized spacial score (nSPS) is 24.1. The van der Waals surface area contributed by atoms with E-state index in [4.69, 9.17) is 24.3 Å². The third-order valence-corrected chi connectivity index (χ3v) is 8.73. The Balaban J connectivity index is 1.44. The van der Waals surface area contributed by atoms with Crippen molar-refractivity contribution in [1.82, 2.24) is 24.7 Å². The van der Waals surface area contributed by atoms with Crippen LogP contribution in [0.2, 0.25) is 0 Å². The minimum absolute atomic E-state index is 0.102. The minimum Gasteiger partial charge on any atom is -0.468 e. The summed E-state index contributed by atoms with van der Waals surface area (Å²) in [6.45, 7) is 3.65. The number of benzene rings is 2. The van der Waals surface area contributed by atoms with Gasteiger partial charge in [-0.05, 0) is 32.2 Å². The Bertz CT molecular complexity index is 1750. The molecule has 0 saturated carbocycles. The standard InChI is InChI=1S/C26H31N6O9P/c1-25(2,23(35)38-4)31-42(37,41-17-11-7-9-14-8-5-6-10-15(14)17)39-13-18-19(33)26(3,36)20(40-18)16-12-28-21-22(34)29-24(27)30-32(16)21/h5-12,18-20,33,36H,13H2,1-4H3,(H,31,37)(H3,27,29,30,34)/t18-,19-,20+,26-,42?/m1/s1. The third kappa shape index (κ3) is 5.38. The first-order chi connectivity index (χ1) is 19.8. The van der Waals surface area contributed by atoms with Crippen LogP contribution < -0.4 is 20.9 Å². The number of aromatic amines is 1. The summed E-state index contributed by atoms with van der Waals surface area (Å²) >= 11 is 0. The van der Waals surface area contributed by atoms with Crippen LogP contribution in [-0.4, -0.2) is 72.8 Å². The van der Waals surface area contributed by atoms with Gasteiger partial charge in [-0.15, -0.1) is 5.10 Å². The van der Waals surface area contributed by atoms with E-state index in [9.17, 15) is 24.4 Å². The maximum absolute atomic E-state index is 14.2. The van der Waals surface area contributed by atoms with Crippen molar-refractivity contribution in [2.24, 2.45) is 0 Å². The van der Waals surface area contributed by atoms with Crippen molar-refractivity contribution in [1.29, 1.82) is 0 Å². The number of carbonyl (C=O) groups excluding carboxylic acids is 1. The van der Waals surface area contributed by atoms with E-state index in [-0.39, 0.29) is 23.0 Å². The maximum Gasteiger partial charge on any atom is 0.459 e. The van der Waals surface area contributed by atoms with Crippen molar-refractivity contribution in [3.8, 4) is 5.75 Å². The molecule has 1 aliphatic heterocycles. The Morgan fingerprint density at radius 1 is 1.29 bits per heavy atom. The SMILES string of the molecule is COC(=O)C(C)(C)NP(=O)(OC[C@H]1O[C@@H](c2cnc3c(=O)[nH]c(N)nn23)[C@](C)(O)[C@@H]1O)Oc1cccc2ccccc12. The number of aromatic nitrogens is 4. The highest BCUT2D eigenvalue weighted by atomic mass is 31.2. The Labute approximate surface area is 239 Å². The predicted octanol–water partition coefficient (Wildman–Crippen LogP) is 1.45. The lowest BCUT2D eigenvalue weighted by molar-refractivity contribution is -0.146. The number of imidazole rings is 1. The molecule has 0 bridgehead atoms. The molecular weight excluding hydrogens is 571 g/mol. The number of esters is 1. The number of nitrogens with zero attached hydrogens (tertiary/aromatic N) is 3. The number of methoxy groups -OCH3 is 1. The Morgan fingerprint density at radius 2 is 2.00 bits per heavy atom. The number of rotatable bonds is 9. The third-order valence-electron chi connectivity index (χ3n) is 6.97. The highest BCUT2D eigenvalue weighted by Crippen LogP contribution is 2.50. The highest BCUT2D eigenvalue weighted by molar-refractivity contribution is 7.52. The van der Waals surface area contributed by atoms with Gasteiger partial charge in [-0.3, -0.25) is 19.1 Å². The number of anilines is 1. The molecule has 15 nitrogen and oxygen atoms in total. The fourth-order valence-electron chi connectivity index (χ4n) is 4.82. The second-order valence-electron chi connectivity index (χ2n) is 10.6. The van der Waals surface area contributed by atoms with Crippen LogP contribution in [0.15, 0.2) is 53.5 Å². The molecule has 0 spiro atoms. The molecule has 0 aliphatic carbocycles. The number of aliphatic hydroxyl groups excluding tert-OH is 1. The first-order valence-corrected chi connectivity index (χ1v) is 14.4. The summed E-state index contributed by atoms with van der Waals surface area (Å²) < 4.78 is 37.8. The quantitative estimate of drug-likeness (QED) is 0.136. The van der Waals surface area contributed by atoms with Crippen molar-refractivity contribution in [3.05, 3.63) is 64.7 Å². The first-order valence-electron chi connectivity index (χ1n) is 12.8. The average Bonchev–Trinajstić information content (AvgIpc) is 3.44. The molecule has 1 saturated heterocycles. The monoisotopic (exact) mass is 602 g/mol. The van der Waals surface area contributed by atoms with Crippen LogP contribution in [0.25, 0.3) is 16.4 Å². The van der Waals surface area contributed by atoms with E-state index in [1.165, 1.54) is 34.1 Å². The molecule has 16 heteroatoms. The van der Waals surface area contributed by atoms with Gasteiger partial charge in [0.05, 0.1) is 25.6 Å². The number of H-pyrrole nitrogens is 1. The van der Waals surface area contributed by atoms with Crippen molar-refractivity contribution >= 4 is 36.1 Å². The Morgan fingerprint density at radius 3 is 2.74 bits per heavy atom. The molecule has 1 aliphatic rings. The van der Waals surface area contributed by atoms with E-state index in [1.54, 1.807) is 24.3 Å². The maximum atomic E-state index is 14.2. The van der Waals surface area contributed by atoms with Gasteiger partial charge >= 0.3 is 13.7 Å². The number of fused-ring (bicyclic) bond motifs is 2. The minimum atomic E-state index is -4.40. The van der Waals surface area contributed by atoms with Crippen molar-refractivity contribution in [2.75, 3.05) is 19.5 Å². The van der Waals surface area contributed by atoms with E-state index < -0.39 is 55.3 Å². The number of nitrogen functional groups attached to an aromatic ring is 1. The summed E-state index contributed by atoms with van der Waals surface area (Å²) in [7, 11) is -3.22. The number of nitrogens with two attached hydrogens (primary N) is 1. The van der Waals surface area contributed by atoms with Crippen molar-refractivity contribution in [2.45, 2.75) is 50.2 Å².